The lowest BCUT2D eigenvalue weighted by atomic mass is 10.2. The van der Waals surface area contributed by atoms with Crippen LogP contribution in [-0.2, 0) is 0 Å². The number of nitrogens with one attached hydrogen (secondary N) is 1. The predicted octanol–water partition coefficient (Wildman–Crippen LogP) is 4.62. The molecule has 7 heteroatoms. The Labute approximate surface area is 119 Å². The van der Waals surface area contributed by atoms with E-state index in [1.54, 1.807) is 0 Å². The fourth-order valence-electron chi connectivity index (χ4n) is 1.53. The van der Waals surface area contributed by atoms with Crippen molar-refractivity contribution in [2.24, 2.45) is 0 Å². The van der Waals surface area contributed by atoms with Crippen molar-refractivity contribution in [1.29, 1.82) is 5.26 Å². The monoisotopic (exact) mass is 344 g/mol. The van der Waals surface area contributed by atoms with E-state index >= 15 is 0 Å². The van der Waals surface area contributed by atoms with Crippen molar-refractivity contribution < 1.29 is 17.6 Å². The van der Waals surface area contributed by atoms with Crippen LogP contribution in [0.15, 0.2) is 28.7 Å². The summed E-state index contributed by atoms with van der Waals surface area (Å²) in [7, 11) is 0. The first-order valence-corrected chi connectivity index (χ1v) is 6.03. The smallest absolute Gasteiger partial charge is 0.183 e. The lowest BCUT2D eigenvalue weighted by molar-refractivity contribution is 0.509. The second-order valence-electron chi connectivity index (χ2n) is 3.77. The van der Waals surface area contributed by atoms with Gasteiger partial charge in [0.1, 0.15) is 11.9 Å². The van der Waals surface area contributed by atoms with Crippen LogP contribution in [-0.4, -0.2) is 0 Å². The van der Waals surface area contributed by atoms with Gasteiger partial charge in [0.15, 0.2) is 17.5 Å². The van der Waals surface area contributed by atoms with Crippen LogP contribution in [0.25, 0.3) is 0 Å². The number of anilines is 2. The van der Waals surface area contributed by atoms with Gasteiger partial charge in [0, 0.05) is 10.5 Å². The second-order valence-corrected chi connectivity index (χ2v) is 4.62. The molecular weight excluding hydrogens is 340 g/mol. The van der Waals surface area contributed by atoms with Crippen LogP contribution in [0.4, 0.5) is 28.9 Å². The van der Waals surface area contributed by atoms with Crippen LogP contribution in [0.2, 0.25) is 0 Å². The van der Waals surface area contributed by atoms with Gasteiger partial charge in [-0.1, -0.05) is 0 Å². The fraction of sp³-hybridized carbons (Fsp3) is 0. The Kier molecular flexibility index (Phi) is 3.95. The van der Waals surface area contributed by atoms with Gasteiger partial charge < -0.3 is 5.32 Å². The summed E-state index contributed by atoms with van der Waals surface area (Å²) in [5.74, 6) is -4.44. The van der Waals surface area contributed by atoms with Gasteiger partial charge in [0.25, 0.3) is 0 Å². The topological polar surface area (TPSA) is 35.8 Å². The van der Waals surface area contributed by atoms with Crippen molar-refractivity contribution in [3.05, 3.63) is 57.6 Å². The highest BCUT2D eigenvalue weighted by atomic mass is 79.9. The average Bonchev–Trinajstić information content (AvgIpc) is 2.38. The van der Waals surface area contributed by atoms with Crippen LogP contribution in [0.3, 0.4) is 0 Å². The summed E-state index contributed by atoms with van der Waals surface area (Å²) in [6.45, 7) is 0. The Morgan fingerprint density at radius 1 is 1.05 bits per heavy atom. The molecule has 0 radical (unpaired) electrons. The van der Waals surface area contributed by atoms with Gasteiger partial charge in [-0.25, -0.2) is 17.6 Å². The van der Waals surface area contributed by atoms with Gasteiger partial charge in [0.05, 0.1) is 16.9 Å². The van der Waals surface area contributed by atoms with Gasteiger partial charge in [-0.2, -0.15) is 5.26 Å². The van der Waals surface area contributed by atoms with Crippen LogP contribution in [0, 0.1) is 34.6 Å². The van der Waals surface area contributed by atoms with Crippen LogP contribution in [0.1, 0.15) is 5.56 Å². The molecule has 2 aromatic rings. The van der Waals surface area contributed by atoms with Gasteiger partial charge in [-0.05, 0) is 34.1 Å². The third-order valence-electron chi connectivity index (χ3n) is 2.47. The maximum atomic E-state index is 13.7. The quantitative estimate of drug-likeness (QED) is 0.807. The number of rotatable bonds is 2. The zero-order valence-corrected chi connectivity index (χ0v) is 11.2. The molecule has 0 fully saturated rings. The molecule has 102 valence electrons. The van der Waals surface area contributed by atoms with Gasteiger partial charge in [-0.15, -0.1) is 0 Å². The molecule has 0 aliphatic heterocycles. The Morgan fingerprint density at radius 3 is 2.35 bits per heavy atom. The predicted molar refractivity (Wildman–Crippen MR) is 68.4 cm³/mol. The molecule has 0 heterocycles. The summed E-state index contributed by atoms with van der Waals surface area (Å²) in [5, 5.41) is 10.9. The summed E-state index contributed by atoms with van der Waals surface area (Å²) in [4.78, 5) is 0. The van der Waals surface area contributed by atoms with Crippen molar-refractivity contribution in [1.82, 2.24) is 0 Å². The third-order valence-corrected chi connectivity index (χ3v) is 3.09. The lowest BCUT2D eigenvalue weighted by Gasteiger charge is -2.11. The highest BCUT2D eigenvalue weighted by Crippen LogP contribution is 2.31. The van der Waals surface area contributed by atoms with E-state index in [2.05, 4.69) is 21.2 Å². The summed E-state index contributed by atoms with van der Waals surface area (Å²) in [6.07, 6.45) is 0. The van der Waals surface area contributed by atoms with E-state index in [1.165, 1.54) is 6.07 Å². The van der Waals surface area contributed by atoms with E-state index in [4.69, 9.17) is 5.26 Å². The molecule has 0 saturated heterocycles. The number of hydrogen-bond donors (Lipinski definition) is 1. The number of halogens is 5. The van der Waals surface area contributed by atoms with Crippen LogP contribution < -0.4 is 5.32 Å². The molecule has 2 rings (SSSR count). The Bertz CT molecular complexity index is 702. The van der Waals surface area contributed by atoms with Crippen molar-refractivity contribution in [3.63, 3.8) is 0 Å². The lowest BCUT2D eigenvalue weighted by Crippen LogP contribution is -2.01. The maximum absolute atomic E-state index is 13.7. The molecule has 20 heavy (non-hydrogen) atoms. The molecule has 0 unspecified atom stereocenters. The van der Waals surface area contributed by atoms with Crippen molar-refractivity contribution in [2.45, 2.75) is 0 Å². The normalized spacial score (nSPS) is 10.2. The highest BCUT2D eigenvalue weighted by Gasteiger charge is 2.16. The Hall–Kier alpha value is -2.07. The van der Waals surface area contributed by atoms with Gasteiger partial charge in [-0.3, -0.25) is 0 Å². The van der Waals surface area contributed by atoms with Gasteiger partial charge in [0.2, 0.25) is 0 Å². The molecular formula is C13H5BrF4N2. The van der Waals surface area contributed by atoms with Crippen molar-refractivity contribution in [3.8, 4) is 6.07 Å². The first-order valence-electron chi connectivity index (χ1n) is 5.23. The molecule has 0 aliphatic carbocycles. The zero-order valence-electron chi connectivity index (χ0n) is 9.65. The first kappa shape index (κ1) is 14.3. The van der Waals surface area contributed by atoms with Gasteiger partial charge >= 0.3 is 0 Å². The standard InChI is InChI=1S/C13H5BrF4N2/c14-8-3-7(15)4-9(16)13(8)20-10-2-1-6(5-19)11(17)12(10)18/h1-4,20H. The minimum absolute atomic E-state index is 0.0131. The molecule has 0 saturated carbocycles. The highest BCUT2D eigenvalue weighted by molar-refractivity contribution is 9.10. The molecule has 2 nitrogen and oxygen atoms in total. The van der Waals surface area contributed by atoms with E-state index in [0.29, 0.717) is 6.07 Å². The second kappa shape index (κ2) is 5.51. The molecule has 0 atom stereocenters. The molecule has 0 spiro atoms. The van der Waals surface area contributed by atoms with Crippen LogP contribution >= 0.6 is 15.9 Å². The van der Waals surface area contributed by atoms with Crippen molar-refractivity contribution >= 4 is 27.3 Å². The minimum Gasteiger partial charge on any atom is -0.350 e. The molecule has 2 aromatic carbocycles. The summed E-state index contributed by atoms with van der Waals surface area (Å²) >= 11 is 2.92. The molecule has 0 aromatic heterocycles. The minimum atomic E-state index is -1.34. The Balaban J connectivity index is 2.47. The van der Waals surface area contributed by atoms with E-state index in [-0.39, 0.29) is 15.8 Å². The van der Waals surface area contributed by atoms with Crippen LogP contribution in [0.5, 0.6) is 0 Å². The number of nitriles is 1. The molecule has 0 bridgehead atoms. The molecule has 1 N–H and O–H groups in total. The summed E-state index contributed by atoms with van der Waals surface area (Å²) < 4.78 is 53.6. The van der Waals surface area contributed by atoms with E-state index < -0.39 is 28.8 Å². The maximum Gasteiger partial charge on any atom is 0.183 e. The largest absolute Gasteiger partial charge is 0.350 e. The van der Waals surface area contributed by atoms with E-state index in [9.17, 15) is 17.6 Å². The number of hydrogen-bond acceptors (Lipinski definition) is 2. The number of benzene rings is 2. The molecule has 0 amide bonds. The van der Waals surface area contributed by atoms with E-state index in [0.717, 1.165) is 18.2 Å². The SMILES string of the molecule is N#Cc1ccc(Nc2c(F)cc(F)cc2Br)c(F)c1F. The molecule has 0 aliphatic rings. The summed E-state index contributed by atoms with van der Waals surface area (Å²) in [5.41, 5.74) is -1.08. The first-order chi connectivity index (χ1) is 9.43. The number of nitrogens with zero attached hydrogens (tertiary/aromatic N) is 1. The fourth-order valence-corrected chi connectivity index (χ4v) is 2.04. The Morgan fingerprint density at radius 2 is 1.75 bits per heavy atom. The average molecular weight is 345 g/mol. The zero-order chi connectivity index (χ0) is 14.9. The van der Waals surface area contributed by atoms with Crippen molar-refractivity contribution in [2.75, 3.05) is 5.32 Å². The summed E-state index contributed by atoms with van der Waals surface area (Å²) in [6, 6.07) is 5.20. The van der Waals surface area contributed by atoms with E-state index in [1.807, 2.05) is 0 Å². The third kappa shape index (κ3) is 2.60.